The molecule has 0 N–H and O–H groups in total. The Morgan fingerprint density at radius 2 is 1.79 bits per heavy atom. The highest BCUT2D eigenvalue weighted by Gasteiger charge is 2.42. The standard InChI is InChI=1S/C24H30N2O2/c1-19(27)26-17-21-10-6-7-11-23(21)28-24(18-26)14-12-22(13-15-24)25(2)16-20-8-4-3-5-9-20/h3-11,22H,12-18H2,1-2H3. The van der Waals surface area contributed by atoms with Gasteiger partial charge in [-0.2, -0.15) is 0 Å². The van der Waals surface area contributed by atoms with Crippen LogP contribution >= 0.6 is 0 Å². The molecule has 2 aromatic carbocycles. The number of rotatable bonds is 3. The first kappa shape index (κ1) is 19.0. The van der Waals surface area contributed by atoms with Gasteiger partial charge in [0.15, 0.2) is 0 Å². The van der Waals surface area contributed by atoms with Gasteiger partial charge < -0.3 is 9.64 Å². The smallest absolute Gasteiger partial charge is 0.219 e. The third kappa shape index (κ3) is 4.07. The van der Waals surface area contributed by atoms with E-state index in [0.717, 1.165) is 43.5 Å². The average Bonchev–Trinajstić information content (AvgIpc) is 2.86. The van der Waals surface area contributed by atoms with Gasteiger partial charge in [-0.25, -0.2) is 0 Å². The molecular weight excluding hydrogens is 348 g/mol. The molecular formula is C24H30N2O2. The van der Waals surface area contributed by atoms with Crippen LogP contribution in [-0.4, -0.2) is 40.9 Å². The Bertz CT molecular complexity index is 812. The number of ether oxygens (including phenoxy) is 1. The van der Waals surface area contributed by atoms with Gasteiger partial charge >= 0.3 is 0 Å². The Morgan fingerprint density at radius 3 is 2.50 bits per heavy atom. The second-order valence-electron chi connectivity index (χ2n) is 8.40. The van der Waals surface area contributed by atoms with Crippen molar-refractivity contribution in [2.45, 2.75) is 57.3 Å². The number of hydrogen-bond donors (Lipinski definition) is 0. The second kappa shape index (κ2) is 7.96. The monoisotopic (exact) mass is 378 g/mol. The molecule has 0 saturated heterocycles. The number of para-hydroxylation sites is 1. The first-order chi connectivity index (χ1) is 13.5. The normalized spacial score (nSPS) is 24.5. The molecule has 2 aliphatic rings. The topological polar surface area (TPSA) is 32.8 Å². The highest BCUT2D eigenvalue weighted by atomic mass is 16.5. The summed E-state index contributed by atoms with van der Waals surface area (Å²) in [6.07, 6.45) is 4.15. The maximum Gasteiger partial charge on any atom is 0.219 e. The van der Waals surface area contributed by atoms with Crippen molar-refractivity contribution in [3.8, 4) is 5.75 Å². The molecule has 4 heteroatoms. The summed E-state index contributed by atoms with van der Waals surface area (Å²) in [7, 11) is 2.22. The van der Waals surface area contributed by atoms with Gasteiger partial charge in [0.2, 0.25) is 5.91 Å². The van der Waals surface area contributed by atoms with Crippen LogP contribution in [0.1, 0.15) is 43.7 Å². The van der Waals surface area contributed by atoms with E-state index in [9.17, 15) is 4.79 Å². The first-order valence-corrected chi connectivity index (χ1v) is 10.3. The van der Waals surface area contributed by atoms with E-state index >= 15 is 0 Å². The Morgan fingerprint density at radius 1 is 1.11 bits per heavy atom. The molecule has 1 fully saturated rings. The van der Waals surface area contributed by atoms with Crippen LogP contribution in [0, 0.1) is 0 Å². The predicted octanol–water partition coefficient (Wildman–Crippen LogP) is 4.24. The van der Waals surface area contributed by atoms with Crippen LogP contribution in [0.25, 0.3) is 0 Å². The van der Waals surface area contributed by atoms with Crippen LogP contribution in [-0.2, 0) is 17.9 Å². The molecule has 1 saturated carbocycles. The zero-order valence-corrected chi connectivity index (χ0v) is 16.9. The summed E-state index contributed by atoms with van der Waals surface area (Å²) in [4.78, 5) is 16.7. The zero-order chi connectivity index (χ0) is 19.6. The molecule has 1 amide bonds. The van der Waals surface area contributed by atoms with Crippen molar-refractivity contribution in [3.63, 3.8) is 0 Å². The van der Waals surface area contributed by atoms with Gasteiger partial charge in [-0.05, 0) is 44.4 Å². The van der Waals surface area contributed by atoms with Crippen LogP contribution < -0.4 is 4.74 Å². The van der Waals surface area contributed by atoms with Gasteiger partial charge in [-0.3, -0.25) is 9.69 Å². The minimum absolute atomic E-state index is 0.128. The third-order valence-electron chi connectivity index (χ3n) is 6.35. The predicted molar refractivity (Wildman–Crippen MR) is 111 cm³/mol. The van der Waals surface area contributed by atoms with E-state index in [1.807, 2.05) is 23.1 Å². The summed E-state index contributed by atoms with van der Waals surface area (Å²) in [5.74, 6) is 1.07. The number of benzene rings is 2. The van der Waals surface area contributed by atoms with E-state index in [2.05, 4.69) is 48.3 Å². The summed E-state index contributed by atoms with van der Waals surface area (Å²) >= 11 is 0. The van der Waals surface area contributed by atoms with E-state index in [4.69, 9.17) is 4.74 Å². The summed E-state index contributed by atoms with van der Waals surface area (Å²) in [6, 6.07) is 19.4. The van der Waals surface area contributed by atoms with Gasteiger partial charge in [-0.1, -0.05) is 48.5 Å². The molecule has 148 valence electrons. The highest BCUT2D eigenvalue weighted by molar-refractivity contribution is 5.73. The highest BCUT2D eigenvalue weighted by Crippen LogP contribution is 2.39. The Hall–Kier alpha value is -2.33. The fourth-order valence-electron chi connectivity index (χ4n) is 4.66. The third-order valence-corrected chi connectivity index (χ3v) is 6.35. The molecule has 0 bridgehead atoms. The van der Waals surface area contributed by atoms with Gasteiger partial charge in [0, 0.05) is 31.6 Å². The molecule has 1 spiro atoms. The summed E-state index contributed by atoms with van der Waals surface area (Å²) in [5, 5.41) is 0. The molecule has 28 heavy (non-hydrogen) atoms. The SMILES string of the molecule is CC(=O)N1Cc2ccccc2OC2(CCC(N(C)Cc3ccccc3)CC2)C1. The van der Waals surface area contributed by atoms with E-state index < -0.39 is 0 Å². The quantitative estimate of drug-likeness (QED) is 0.801. The molecule has 0 atom stereocenters. The number of hydrogen-bond acceptors (Lipinski definition) is 3. The van der Waals surface area contributed by atoms with Crippen molar-refractivity contribution in [1.82, 2.24) is 9.80 Å². The Balaban J connectivity index is 1.46. The number of carbonyl (C=O) groups excluding carboxylic acids is 1. The minimum Gasteiger partial charge on any atom is -0.485 e. The molecule has 0 unspecified atom stereocenters. The maximum atomic E-state index is 12.2. The number of carbonyl (C=O) groups is 1. The van der Waals surface area contributed by atoms with Crippen LogP contribution in [0.2, 0.25) is 0 Å². The van der Waals surface area contributed by atoms with E-state index in [1.54, 1.807) is 6.92 Å². The summed E-state index contributed by atoms with van der Waals surface area (Å²) < 4.78 is 6.60. The van der Waals surface area contributed by atoms with Crippen molar-refractivity contribution in [1.29, 1.82) is 0 Å². The van der Waals surface area contributed by atoms with E-state index in [0.29, 0.717) is 19.1 Å². The fourth-order valence-corrected chi connectivity index (χ4v) is 4.66. The van der Waals surface area contributed by atoms with E-state index in [-0.39, 0.29) is 11.5 Å². The number of fused-ring (bicyclic) bond motifs is 1. The van der Waals surface area contributed by atoms with Gasteiger partial charge in [0.25, 0.3) is 0 Å². The molecule has 0 radical (unpaired) electrons. The first-order valence-electron chi connectivity index (χ1n) is 10.3. The number of amides is 1. The van der Waals surface area contributed by atoms with Crippen LogP contribution in [0.4, 0.5) is 0 Å². The lowest BCUT2D eigenvalue weighted by atomic mass is 9.81. The van der Waals surface area contributed by atoms with Crippen LogP contribution in [0.5, 0.6) is 5.75 Å². The molecule has 2 aromatic rings. The summed E-state index contributed by atoms with van der Waals surface area (Å²) in [6.45, 7) is 3.97. The van der Waals surface area contributed by atoms with Gasteiger partial charge in [0.1, 0.15) is 11.4 Å². The lowest BCUT2D eigenvalue weighted by Crippen LogP contribution is -2.51. The van der Waals surface area contributed by atoms with Crippen molar-refractivity contribution < 1.29 is 9.53 Å². The molecule has 1 aliphatic carbocycles. The van der Waals surface area contributed by atoms with Gasteiger partial charge in [-0.15, -0.1) is 0 Å². The molecule has 1 aliphatic heterocycles. The Labute approximate surface area is 168 Å². The maximum absolute atomic E-state index is 12.2. The van der Waals surface area contributed by atoms with Crippen LogP contribution in [0.3, 0.4) is 0 Å². The minimum atomic E-state index is -0.262. The van der Waals surface area contributed by atoms with Crippen molar-refractivity contribution in [3.05, 3.63) is 65.7 Å². The second-order valence-corrected chi connectivity index (χ2v) is 8.40. The summed E-state index contributed by atoms with van der Waals surface area (Å²) in [5.41, 5.74) is 2.20. The van der Waals surface area contributed by atoms with Gasteiger partial charge in [0.05, 0.1) is 6.54 Å². The fraction of sp³-hybridized carbons (Fsp3) is 0.458. The van der Waals surface area contributed by atoms with Crippen molar-refractivity contribution in [2.24, 2.45) is 0 Å². The lowest BCUT2D eigenvalue weighted by Gasteiger charge is -2.43. The zero-order valence-electron chi connectivity index (χ0n) is 16.9. The molecule has 4 nitrogen and oxygen atoms in total. The molecule has 1 heterocycles. The number of nitrogens with zero attached hydrogens (tertiary/aromatic N) is 2. The molecule has 4 rings (SSSR count). The largest absolute Gasteiger partial charge is 0.485 e. The van der Waals surface area contributed by atoms with Crippen molar-refractivity contribution >= 4 is 5.91 Å². The Kier molecular flexibility index (Phi) is 5.40. The van der Waals surface area contributed by atoms with E-state index in [1.165, 1.54) is 5.56 Å². The molecule has 0 aromatic heterocycles. The van der Waals surface area contributed by atoms with Crippen molar-refractivity contribution in [2.75, 3.05) is 13.6 Å². The van der Waals surface area contributed by atoms with Crippen LogP contribution in [0.15, 0.2) is 54.6 Å². The lowest BCUT2D eigenvalue weighted by molar-refractivity contribution is -0.132. The average molecular weight is 379 g/mol.